The molecule has 0 fully saturated rings. The lowest BCUT2D eigenvalue weighted by atomic mass is 9.87. The molecule has 0 aliphatic heterocycles. The summed E-state index contributed by atoms with van der Waals surface area (Å²) in [4.78, 5) is 4.83. The number of benzene rings is 4. The number of hydrogen-bond donors (Lipinski definition) is 0. The van der Waals surface area contributed by atoms with Crippen LogP contribution in [0.4, 0.5) is 0 Å². The maximum Gasteiger partial charge on any atom is 0.135 e. The van der Waals surface area contributed by atoms with Gasteiger partial charge >= 0.3 is 0 Å². The molecule has 6 aromatic rings. The molecule has 4 aromatic carbocycles. The molecule has 0 spiro atoms. The van der Waals surface area contributed by atoms with Crippen LogP contribution < -0.4 is 0 Å². The fourth-order valence-electron chi connectivity index (χ4n) is 4.80. The van der Waals surface area contributed by atoms with E-state index in [0.717, 1.165) is 16.9 Å². The molecule has 2 aromatic heterocycles. The lowest BCUT2D eigenvalue weighted by Gasteiger charge is -2.17. The highest BCUT2D eigenvalue weighted by Crippen LogP contribution is 2.44. The van der Waals surface area contributed by atoms with E-state index in [4.69, 9.17) is 9.40 Å². The van der Waals surface area contributed by atoms with Gasteiger partial charge in [0.25, 0.3) is 0 Å². The Morgan fingerprint density at radius 3 is 2.22 bits per heavy atom. The van der Waals surface area contributed by atoms with Gasteiger partial charge < -0.3 is 4.42 Å². The number of rotatable bonds is 0. The zero-order valence-electron chi connectivity index (χ0n) is 15.9. The number of aromatic nitrogens is 1. The second kappa shape index (κ2) is 4.77. The minimum atomic E-state index is 0.946. The van der Waals surface area contributed by atoms with Crippen LogP contribution >= 0.6 is 0 Å². The lowest BCUT2D eigenvalue weighted by Crippen LogP contribution is -1.94. The molecule has 0 atom stereocenters. The standard InChI is InChI=1S/C25H19NO/c1-12-13(2)17-8-9-26-25-21-11-22-19(14(3)15(4)27-22)10-20(21)18-7-5-6-16(12)23(18)24(17)25/h5-11H,1-4H3. The number of pyridine rings is 1. The molecule has 2 heteroatoms. The van der Waals surface area contributed by atoms with Crippen molar-refractivity contribution in [2.45, 2.75) is 27.7 Å². The summed E-state index contributed by atoms with van der Waals surface area (Å²) in [6, 6.07) is 13.3. The predicted molar refractivity (Wildman–Crippen MR) is 114 cm³/mol. The molecule has 0 aliphatic carbocycles. The van der Waals surface area contributed by atoms with Gasteiger partial charge in [-0.1, -0.05) is 18.2 Å². The third kappa shape index (κ3) is 1.69. The van der Waals surface area contributed by atoms with E-state index >= 15 is 0 Å². The summed E-state index contributed by atoms with van der Waals surface area (Å²) in [5, 5.41) is 10.2. The summed E-state index contributed by atoms with van der Waals surface area (Å²) in [5.41, 5.74) is 5.94. The van der Waals surface area contributed by atoms with Crippen molar-refractivity contribution in [3.05, 3.63) is 65.0 Å². The Kier molecular flexibility index (Phi) is 2.65. The summed E-state index contributed by atoms with van der Waals surface area (Å²) in [6.45, 7) is 8.63. The van der Waals surface area contributed by atoms with E-state index in [-0.39, 0.29) is 0 Å². The van der Waals surface area contributed by atoms with Crippen LogP contribution in [0, 0.1) is 27.7 Å². The zero-order chi connectivity index (χ0) is 18.4. The van der Waals surface area contributed by atoms with Crippen LogP contribution in [-0.2, 0) is 0 Å². The zero-order valence-corrected chi connectivity index (χ0v) is 15.9. The van der Waals surface area contributed by atoms with E-state index in [0.29, 0.717) is 0 Å². The van der Waals surface area contributed by atoms with E-state index in [2.05, 4.69) is 57.2 Å². The van der Waals surface area contributed by atoms with Gasteiger partial charge in [-0.05, 0) is 89.5 Å². The van der Waals surface area contributed by atoms with E-state index in [1.54, 1.807) is 0 Å². The summed E-state index contributed by atoms with van der Waals surface area (Å²) in [5.74, 6) is 0.987. The Balaban J connectivity index is 2.04. The summed E-state index contributed by atoms with van der Waals surface area (Å²) in [7, 11) is 0. The van der Waals surface area contributed by atoms with Gasteiger partial charge in [0.1, 0.15) is 11.3 Å². The molecule has 0 radical (unpaired) electrons. The van der Waals surface area contributed by atoms with Gasteiger partial charge in [0.2, 0.25) is 0 Å². The molecule has 0 amide bonds. The Morgan fingerprint density at radius 2 is 1.41 bits per heavy atom. The van der Waals surface area contributed by atoms with Crippen LogP contribution in [0.3, 0.4) is 0 Å². The second-order valence-corrected chi connectivity index (χ2v) is 7.74. The van der Waals surface area contributed by atoms with Crippen LogP contribution in [-0.4, -0.2) is 4.98 Å². The van der Waals surface area contributed by atoms with Crippen molar-refractivity contribution in [3.8, 4) is 0 Å². The predicted octanol–water partition coefficient (Wildman–Crippen LogP) is 7.11. The van der Waals surface area contributed by atoms with Crippen molar-refractivity contribution in [1.82, 2.24) is 4.98 Å². The Hall–Kier alpha value is -3.13. The monoisotopic (exact) mass is 349 g/mol. The number of nitrogens with zero attached hydrogens (tertiary/aromatic N) is 1. The molecule has 0 unspecified atom stereocenters. The molecular weight excluding hydrogens is 330 g/mol. The molecule has 0 saturated heterocycles. The van der Waals surface area contributed by atoms with Crippen LogP contribution in [0.1, 0.15) is 22.5 Å². The SMILES string of the molecule is Cc1oc2cc3c(cc2c1C)c1cccc2c(C)c(C)c4ccnc3c4c21. The van der Waals surface area contributed by atoms with Crippen molar-refractivity contribution in [2.75, 3.05) is 0 Å². The van der Waals surface area contributed by atoms with Gasteiger partial charge in [-0.3, -0.25) is 4.98 Å². The summed E-state index contributed by atoms with van der Waals surface area (Å²) < 4.78 is 6.04. The van der Waals surface area contributed by atoms with E-state index < -0.39 is 0 Å². The first-order chi connectivity index (χ1) is 13.1. The highest BCUT2D eigenvalue weighted by Gasteiger charge is 2.19. The number of aryl methyl sites for hydroxylation is 4. The first-order valence-corrected chi connectivity index (χ1v) is 9.41. The Labute approximate surface area is 156 Å². The topological polar surface area (TPSA) is 26.0 Å². The molecule has 0 bridgehead atoms. The van der Waals surface area contributed by atoms with Crippen molar-refractivity contribution in [3.63, 3.8) is 0 Å². The molecule has 0 N–H and O–H groups in total. The smallest absolute Gasteiger partial charge is 0.135 e. The van der Waals surface area contributed by atoms with Gasteiger partial charge in [-0.15, -0.1) is 0 Å². The van der Waals surface area contributed by atoms with Crippen LogP contribution in [0.5, 0.6) is 0 Å². The van der Waals surface area contributed by atoms with Crippen molar-refractivity contribution in [2.24, 2.45) is 0 Å². The molecule has 2 nitrogen and oxygen atoms in total. The maximum atomic E-state index is 6.04. The number of hydrogen-bond acceptors (Lipinski definition) is 2. The van der Waals surface area contributed by atoms with Crippen molar-refractivity contribution >= 4 is 54.2 Å². The molecule has 0 aliphatic rings. The molecule has 130 valence electrons. The lowest BCUT2D eigenvalue weighted by molar-refractivity contribution is 0.575. The van der Waals surface area contributed by atoms with Gasteiger partial charge in [0.15, 0.2) is 0 Å². The largest absolute Gasteiger partial charge is 0.461 e. The minimum absolute atomic E-state index is 0.946. The molecule has 0 saturated carbocycles. The highest BCUT2D eigenvalue weighted by atomic mass is 16.3. The maximum absolute atomic E-state index is 6.04. The van der Waals surface area contributed by atoms with Gasteiger partial charge in [0, 0.05) is 22.4 Å². The molecule has 2 heterocycles. The van der Waals surface area contributed by atoms with E-state index in [9.17, 15) is 0 Å². The normalized spacial score (nSPS) is 12.4. The third-order valence-electron chi connectivity index (χ3n) is 6.50. The average Bonchev–Trinajstić information content (AvgIpc) is 2.97. The number of fused-ring (bicyclic) bond motifs is 4. The average molecular weight is 349 g/mol. The van der Waals surface area contributed by atoms with E-state index in [1.165, 1.54) is 59.8 Å². The minimum Gasteiger partial charge on any atom is -0.461 e. The fourth-order valence-corrected chi connectivity index (χ4v) is 4.80. The first kappa shape index (κ1) is 15.0. The highest BCUT2D eigenvalue weighted by molar-refractivity contribution is 6.34. The quantitative estimate of drug-likeness (QED) is 0.216. The van der Waals surface area contributed by atoms with E-state index in [1.807, 2.05) is 13.1 Å². The van der Waals surface area contributed by atoms with Crippen molar-refractivity contribution in [1.29, 1.82) is 0 Å². The van der Waals surface area contributed by atoms with Gasteiger partial charge in [0.05, 0.1) is 5.52 Å². The summed E-state index contributed by atoms with van der Waals surface area (Å²) >= 11 is 0. The van der Waals surface area contributed by atoms with Gasteiger partial charge in [-0.2, -0.15) is 0 Å². The number of furan rings is 1. The Morgan fingerprint density at radius 1 is 0.667 bits per heavy atom. The summed E-state index contributed by atoms with van der Waals surface area (Å²) in [6.07, 6.45) is 1.94. The Bertz CT molecular complexity index is 1550. The molecular formula is C25H19NO. The van der Waals surface area contributed by atoms with Gasteiger partial charge in [-0.25, -0.2) is 0 Å². The fraction of sp³-hybridized carbons (Fsp3) is 0.160. The molecule has 27 heavy (non-hydrogen) atoms. The third-order valence-corrected chi connectivity index (χ3v) is 6.50. The second-order valence-electron chi connectivity index (χ2n) is 7.74. The van der Waals surface area contributed by atoms with Crippen LogP contribution in [0.25, 0.3) is 54.2 Å². The van der Waals surface area contributed by atoms with Crippen LogP contribution in [0.2, 0.25) is 0 Å². The first-order valence-electron chi connectivity index (χ1n) is 9.41. The molecule has 6 rings (SSSR count). The van der Waals surface area contributed by atoms with Crippen molar-refractivity contribution < 1.29 is 4.42 Å². The van der Waals surface area contributed by atoms with Crippen LogP contribution in [0.15, 0.2) is 47.0 Å².